The van der Waals surface area contributed by atoms with Crippen LogP contribution in [0.5, 0.6) is 17.2 Å². The van der Waals surface area contributed by atoms with Crippen molar-refractivity contribution in [1.82, 2.24) is 0 Å². The monoisotopic (exact) mass is 437 g/mol. The Hall–Kier alpha value is -3.45. The highest BCUT2D eigenvalue weighted by atomic mass is 32.2. The minimum absolute atomic E-state index is 0.0208. The van der Waals surface area contributed by atoms with E-state index in [1.54, 1.807) is 62.8 Å². The van der Waals surface area contributed by atoms with Gasteiger partial charge in [-0.15, -0.1) is 11.8 Å². The van der Waals surface area contributed by atoms with Crippen LogP contribution in [0.1, 0.15) is 20.7 Å². The molecule has 0 spiro atoms. The molecule has 0 atom stereocenters. The molecule has 0 bridgehead atoms. The first kappa shape index (κ1) is 22.2. The highest BCUT2D eigenvalue weighted by molar-refractivity contribution is 8.00. The molecule has 0 saturated heterocycles. The standard InChI is InChI=1S/C24H23NO5S/c1-28-19-10-7-16(8-11-19)21(26)15-31-20-6-4-5-18(14-20)25-24(27)17-9-12-22(29-2)23(13-17)30-3/h4-14H,15H2,1-3H3,(H,25,27). The van der Waals surface area contributed by atoms with Crippen molar-refractivity contribution in [2.75, 3.05) is 32.4 Å². The van der Waals surface area contributed by atoms with Gasteiger partial charge in [0.1, 0.15) is 5.75 Å². The fourth-order valence-electron chi connectivity index (χ4n) is 2.85. The van der Waals surface area contributed by atoms with E-state index in [1.807, 2.05) is 18.2 Å². The summed E-state index contributed by atoms with van der Waals surface area (Å²) in [6.45, 7) is 0. The molecule has 0 heterocycles. The molecule has 1 amide bonds. The van der Waals surface area contributed by atoms with Crippen LogP contribution in [0, 0.1) is 0 Å². The predicted octanol–water partition coefficient (Wildman–Crippen LogP) is 4.94. The molecule has 3 aromatic rings. The molecule has 0 radical (unpaired) electrons. The van der Waals surface area contributed by atoms with E-state index in [9.17, 15) is 9.59 Å². The van der Waals surface area contributed by atoms with Gasteiger partial charge in [-0.25, -0.2) is 0 Å². The second-order valence-corrected chi connectivity index (χ2v) is 7.54. The second kappa shape index (κ2) is 10.5. The molecule has 0 aliphatic carbocycles. The van der Waals surface area contributed by atoms with E-state index in [-0.39, 0.29) is 11.7 Å². The summed E-state index contributed by atoms with van der Waals surface area (Å²) < 4.78 is 15.6. The zero-order valence-corrected chi connectivity index (χ0v) is 18.3. The Morgan fingerprint density at radius 2 is 1.52 bits per heavy atom. The van der Waals surface area contributed by atoms with Gasteiger partial charge < -0.3 is 19.5 Å². The number of anilines is 1. The van der Waals surface area contributed by atoms with E-state index in [4.69, 9.17) is 14.2 Å². The zero-order valence-electron chi connectivity index (χ0n) is 17.5. The third-order valence-corrected chi connectivity index (χ3v) is 5.51. The van der Waals surface area contributed by atoms with Crippen LogP contribution in [0.3, 0.4) is 0 Å². The summed E-state index contributed by atoms with van der Waals surface area (Å²) in [6, 6.07) is 19.4. The van der Waals surface area contributed by atoms with Crippen molar-refractivity contribution >= 4 is 29.1 Å². The Morgan fingerprint density at radius 3 is 2.19 bits per heavy atom. The van der Waals surface area contributed by atoms with Crippen molar-refractivity contribution < 1.29 is 23.8 Å². The van der Waals surface area contributed by atoms with Gasteiger partial charge >= 0.3 is 0 Å². The molecule has 0 aliphatic rings. The number of carbonyl (C=O) groups is 2. The van der Waals surface area contributed by atoms with Crippen molar-refractivity contribution in [2.24, 2.45) is 0 Å². The molecule has 0 fully saturated rings. The Labute approximate surface area is 185 Å². The summed E-state index contributed by atoms with van der Waals surface area (Å²) in [7, 11) is 4.65. The van der Waals surface area contributed by atoms with Crippen LogP contribution in [0.25, 0.3) is 0 Å². The number of thioether (sulfide) groups is 1. The molecule has 3 rings (SSSR count). The minimum Gasteiger partial charge on any atom is -0.497 e. The maximum Gasteiger partial charge on any atom is 0.255 e. The largest absolute Gasteiger partial charge is 0.497 e. The highest BCUT2D eigenvalue weighted by Gasteiger charge is 2.12. The quantitative estimate of drug-likeness (QED) is 0.378. The molecule has 0 aliphatic heterocycles. The number of rotatable bonds is 9. The van der Waals surface area contributed by atoms with Crippen molar-refractivity contribution in [1.29, 1.82) is 0 Å². The maximum absolute atomic E-state index is 12.6. The zero-order chi connectivity index (χ0) is 22.2. The number of ether oxygens (including phenoxy) is 3. The van der Waals surface area contributed by atoms with Gasteiger partial charge in [0.05, 0.1) is 27.1 Å². The lowest BCUT2D eigenvalue weighted by atomic mass is 10.1. The van der Waals surface area contributed by atoms with Crippen molar-refractivity contribution in [3.8, 4) is 17.2 Å². The molecular formula is C24H23NO5S. The molecule has 0 aromatic heterocycles. The average Bonchev–Trinajstić information content (AvgIpc) is 2.82. The van der Waals surface area contributed by atoms with E-state index in [2.05, 4.69) is 5.32 Å². The lowest BCUT2D eigenvalue weighted by molar-refractivity contribution is 0.101. The van der Waals surface area contributed by atoms with Crippen LogP contribution in [-0.4, -0.2) is 38.8 Å². The SMILES string of the molecule is COc1ccc(C(=O)CSc2cccc(NC(=O)c3ccc(OC)c(OC)c3)c2)cc1. The molecule has 6 nitrogen and oxygen atoms in total. The Kier molecular flexibility index (Phi) is 7.56. The molecular weight excluding hydrogens is 414 g/mol. The lowest BCUT2D eigenvalue weighted by Crippen LogP contribution is -2.12. The molecule has 3 aromatic carbocycles. The van der Waals surface area contributed by atoms with Crippen molar-refractivity contribution in [3.63, 3.8) is 0 Å². The average molecular weight is 438 g/mol. The van der Waals surface area contributed by atoms with E-state index >= 15 is 0 Å². The van der Waals surface area contributed by atoms with Crippen molar-refractivity contribution in [3.05, 3.63) is 77.9 Å². The van der Waals surface area contributed by atoms with E-state index in [0.29, 0.717) is 39.8 Å². The Bertz CT molecular complexity index is 1070. The normalized spacial score (nSPS) is 10.3. The third-order valence-electron chi connectivity index (χ3n) is 4.52. The number of hydrogen-bond donors (Lipinski definition) is 1. The Morgan fingerprint density at radius 1 is 0.806 bits per heavy atom. The first-order valence-corrected chi connectivity index (χ1v) is 10.5. The van der Waals surface area contributed by atoms with Gasteiger partial charge in [-0.2, -0.15) is 0 Å². The molecule has 1 N–H and O–H groups in total. The smallest absolute Gasteiger partial charge is 0.255 e. The van der Waals surface area contributed by atoms with Crippen LogP contribution in [-0.2, 0) is 0 Å². The van der Waals surface area contributed by atoms with E-state index in [1.165, 1.54) is 18.9 Å². The maximum atomic E-state index is 12.6. The van der Waals surface area contributed by atoms with Crippen molar-refractivity contribution in [2.45, 2.75) is 4.90 Å². The van der Waals surface area contributed by atoms with Gasteiger partial charge in [0.2, 0.25) is 0 Å². The number of Topliss-reactive ketones (excluding diaryl/α,β-unsaturated/α-hetero) is 1. The fraction of sp³-hybridized carbons (Fsp3) is 0.167. The van der Waals surface area contributed by atoms with Crippen LogP contribution >= 0.6 is 11.8 Å². The van der Waals surface area contributed by atoms with Gasteiger partial charge in [0.25, 0.3) is 5.91 Å². The lowest BCUT2D eigenvalue weighted by Gasteiger charge is -2.11. The first-order chi connectivity index (χ1) is 15.0. The summed E-state index contributed by atoms with van der Waals surface area (Å²) >= 11 is 1.41. The summed E-state index contributed by atoms with van der Waals surface area (Å²) in [4.78, 5) is 25.9. The topological polar surface area (TPSA) is 73.9 Å². The minimum atomic E-state index is -0.266. The van der Waals surface area contributed by atoms with Gasteiger partial charge in [-0.05, 0) is 60.7 Å². The van der Waals surface area contributed by atoms with Crippen LogP contribution in [0.15, 0.2) is 71.6 Å². The van der Waals surface area contributed by atoms with Crippen LogP contribution in [0.4, 0.5) is 5.69 Å². The second-order valence-electron chi connectivity index (χ2n) is 6.49. The molecule has 160 valence electrons. The highest BCUT2D eigenvalue weighted by Crippen LogP contribution is 2.28. The van der Waals surface area contributed by atoms with Gasteiger partial charge in [0, 0.05) is 21.7 Å². The Balaban J connectivity index is 1.63. The van der Waals surface area contributed by atoms with E-state index < -0.39 is 0 Å². The molecule has 0 saturated carbocycles. The first-order valence-electron chi connectivity index (χ1n) is 9.47. The van der Waals surface area contributed by atoms with Crippen LogP contribution < -0.4 is 19.5 Å². The van der Waals surface area contributed by atoms with E-state index in [0.717, 1.165) is 4.90 Å². The number of nitrogens with one attached hydrogen (secondary N) is 1. The van der Waals surface area contributed by atoms with Gasteiger partial charge in [0.15, 0.2) is 17.3 Å². The summed E-state index contributed by atoms with van der Waals surface area (Å²) in [6.07, 6.45) is 0. The number of amides is 1. The number of methoxy groups -OCH3 is 3. The molecule has 7 heteroatoms. The molecule has 31 heavy (non-hydrogen) atoms. The number of hydrogen-bond acceptors (Lipinski definition) is 6. The summed E-state index contributed by atoms with van der Waals surface area (Å²) in [5.74, 6) is 1.79. The third kappa shape index (κ3) is 5.79. The summed E-state index contributed by atoms with van der Waals surface area (Å²) in [5.41, 5.74) is 1.72. The van der Waals surface area contributed by atoms with Crippen LogP contribution in [0.2, 0.25) is 0 Å². The van der Waals surface area contributed by atoms with Gasteiger partial charge in [-0.3, -0.25) is 9.59 Å². The number of ketones is 1. The van der Waals surface area contributed by atoms with Gasteiger partial charge in [-0.1, -0.05) is 6.07 Å². The summed E-state index contributed by atoms with van der Waals surface area (Å²) in [5, 5.41) is 2.87. The predicted molar refractivity (Wildman–Crippen MR) is 122 cm³/mol. The molecule has 0 unspecified atom stereocenters. The number of carbonyl (C=O) groups excluding carboxylic acids is 2. The number of benzene rings is 3. The fourth-order valence-corrected chi connectivity index (χ4v) is 3.70.